The third-order valence-electron chi connectivity index (χ3n) is 5.23. The number of hydrogen-bond acceptors (Lipinski definition) is 5. The minimum absolute atomic E-state index is 0.131. The van der Waals surface area contributed by atoms with Crippen molar-refractivity contribution in [2.75, 3.05) is 18.1 Å². The van der Waals surface area contributed by atoms with Gasteiger partial charge < -0.3 is 9.30 Å². The molecule has 1 amide bonds. The van der Waals surface area contributed by atoms with Crippen molar-refractivity contribution < 1.29 is 9.53 Å². The Labute approximate surface area is 169 Å². The van der Waals surface area contributed by atoms with Crippen LogP contribution in [-0.2, 0) is 11.3 Å². The maximum atomic E-state index is 13.3. The molecular weight excluding hydrogens is 372 g/mol. The minimum atomic E-state index is 0.131. The van der Waals surface area contributed by atoms with E-state index in [1.807, 2.05) is 47.1 Å². The molecule has 0 unspecified atom stereocenters. The summed E-state index contributed by atoms with van der Waals surface area (Å²) in [6.45, 7) is 4.07. The van der Waals surface area contributed by atoms with E-state index in [0.717, 1.165) is 59.7 Å². The SMILES string of the molecule is CCOc1cccc2sc(N(CCCn3ccnc3)C(=O)C3CCCC3)nc12. The van der Waals surface area contributed by atoms with Crippen LogP contribution < -0.4 is 9.64 Å². The first-order valence-corrected chi connectivity index (χ1v) is 10.9. The van der Waals surface area contributed by atoms with Gasteiger partial charge in [0.1, 0.15) is 11.3 Å². The number of thiazole rings is 1. The fraction of sp³-hybridized carbons (Fsp3) is 0.476. The summed E-state index contributed by atoms with van der Waals surface area (Å²) in [7, 11) is 0. The number of aromatic nitrogens is 3. The predicted molar refractivity (Wildman–Crippen MR) is 112 cm³/mol. The highest BCUT2D eigenvalue weighted by atomic mass is 32.1. The molecule has 7 heteroatoms. The second kappa shape index (κ2) is 8.73. The lowest BCUT2D eigenvalue weighted by Gasteiger charge is -2.23. The number of anilines is 1. The molecule has 0 atom stereocenters. The normalized spacial score (nSPS) is 14.6. The summed E-state index contributed by atoms with van der Waals surface area (Å²) in [5, 5.41) is 0.782. The molecule has 2 heterocycles. The molecule has 3 aromatic rings. The van der Waals surface area contributed by atoms with Crippen molar-refractivity contribution in [3.05, 3.63) is 36.9 Å². The topological polar surface area (TPSA) is 60.2 Å². The van der Waals surface area contributed by atoms with Crippen LogP contribution in [0.15, 0.2) is 36.9 Å². The Bertz CT molecular complexity index is 916. The second-order valence-corrected chi connectivity index (χ2v) is 8.17. The van der Waals surface area contributed by atoms with Crippen LogP contribution in [0.4, 0.5) is 5.13 Å². The van der Waals surface area contributed by atoms with E-state index in [1.54, 1.807) is 17.5 Å². The maximum absolute atomic E-state index is 13.3. The Balaban J connectivity index is 1.59. The van der Waals surface area contributed by atoms with Gasteiger partial charge in [-0.05, 0) is 38.3 Å². The molecule has 28 heavy (non-hydrogen) atoms. The number of nitrogens with zero attached hydrogens (tertiary/aromatic N) is 4. The van der Waals surface area contributed by atoms with Crippen molar-refractivity contribution in [1.82, 2.24) is 14.5 Å². The van der Waals surface area contributed by atoms with Crippen LogP contribution in [0.2, 0.25) is 0 Å². The minimum Gasteiger partial charge on any atom is -0.492 e. The zero-order valence-electron chi connectivity index (χ0n) is 16.2. The lowest BCUT2D eigenvalue weighted by atomic mass is 10.1. The third-order valence-corrected chi connectivity index (χ3v) is 6.27. The van der Waals surface area contributed by atoms with E-state index in [-0.39, 0.29) is 11.8 Å². The average Bonchev–Trinajstić information content (AvgIpc) is 3.47. The van der Waals surface area contributed by atoms with Crippen molar-refractivity contribution in [2.45, 2.75) is 45.6 Å². The van der Waals surface area contributed by atoms with Crippen molar-refractivity contribution >= 4 is 32.6 Å². The highest BCUT2D eigenvalue weighted by Gasteiger charge is 2.29. The van der Waals surface area contributed by atoms with Crippen molar-refractivity contribution in [3.8, 4) is 5.75 Å². The lowest BCUT2D eigenvalue weighted by Crippen LogP contribution is -2.36. The number of amides is 1. The quantitative estimate of drug-likeness (QED) is 0.560. The molecule has 0 N–H and O–H groups in total. The number of ether oxygens (including phenoxy) is 1. The highest BCUT2D eigenvalue weighted by molar-refractivity contribution is 7.22. The molecule has 148 valence electrons. The van der Waals surface area contributed by atoms with E-state index in [9.17, 15) is 4.79 Å². The monoisotopic (exact) mass is 398 g/mol. The summed E-state index contributed by atoms with van der Waals surface area (Å²) in [6, 6.07) is 5.97. The Morgan fingerprint density at radius 2 is 2.21 bits per heavy atom. The second-order valence-electron chi connectivity index (χ2n) is 7.16. The highest BCUT2D eigenvalue weighted by Crippen LogP contribution is 2.36. The molecule has 0 spiro atoms. The van der Waals surface area contributed by atoms with Crippen LogP contribution in [-0.4, -0.2) is 33.6 Å². The van der Waals surface area contributed by atoms with E-state index >= 15 is 0 Å². The number of aryl methyl sites for hydroxylation is 1. The lowest BCUT2D eigenvalue weighted by molar-refractivity contribution is -0.122. The fourth-order valence-electron chi connectivity index (χ4n) is 3.82. The molecular formula is C21H26N4O2S. The van der Waals surface area contributed by atoms with Gasteiger partial charge in [0.05, 0.1) is 17.6 Å². The van der Waals surface area contributed by atoms with E-state index in [0.29, 0.717) is 13.2 Å². The molecule has 1 aromatic carbocycles. The van der Waals surface area contributed by atoms with Gasteiger partial charge in [-0.15, -0.1) is 0 Å². The number of carbonyl (C=O) groups excluding carboxylic acids is 1. The smallest absolute Gasteiger partial charge is 0.231 e. The number of imidazole rings is 1. The molecule has 1 saturated carbocycles. The first-order chi connectivity index (χ1) is 13.8. The van der Waals surface area contributed by atoms with Crippen LogP contribution in [0.5, 0.6) is 5.75 Å². The van der Waals surface area contributed by atoms with Crippen LogP contribution in [0, 0.1) is 5.92 Å². The van der Waals surface area contributed by atoms with Gasteiger partial charge in [-0.2, -0.15) is 0 Å². The van der Waals surface area contributed by atoms with Crippen molar-refractivity contribution in [2.24, 2.45) is 5.92 Å². The molecule has 0 aliphatic heterocycles. The van der Waals surface area contributed by atoms with Gasteiger partial charge >= 0.3 is 0 Å². The van der Waals surface area contributed by atoms with E-state index in [1.165, 1.54) is 0 Å². The summed E-state index contributed by atoms with van der Waals surface area (Å²) in [4.78, 5) is 24.1. The Morgan fingerprint density at radius 1 is 1.36 bits per heavy atom. The largest absolute Gasteiger partial charge is 0.492 e. The third kappa shape index (κ3) is 4.04. The predicted octanol–water partition coefficient (Wildman–Crippen LogP) is 4.51. The van der Waals surface area contributed by atoms with E-state index < -0.39 is 0 Å². The number of para-hydroxylation sites is 1. The van der Waals surface area contributed by atoms with E-state index in [4.69, 9.17) is 9.72 Å². The zero-order chi connectivity index (χ0) is 19.3. The molecule has 1 aliphatic carbocycles. The van der Waals surface area contributed by atoms with Crippen molar-refractivity contribution in [1.29, 1.82) is 0 Å². The molecule has 2 aromatic heterocycles. The Morgan fingerprint density at radius 3 is 2.96 bits per heavy atom. The summed E-state index contributed by atoms with van der Waals surface area (Å²) in [5.41, 5.74) is 0.850. The van der Waals surface area contributed by atoms with Gasteiger partial charge in [0.15, 0.2) is 5.13 Å². The van der Waals surface area contributed by atoms with Gasteiger partial charge in [0.2, 0.25) is 5.91 Å². The van der Waals surface area contributed by atoms with Crippen LogP contribution in [0.3, 0.4) is 0 Å². The number of benzene rings is 1. The fourth-order valence-corrected chi connectivity index (χ4v) is 4.84. The first kappa shape index (κ1) is 18.9. The average molecular weight is 399 g/mol. The van der Waals surface area contributed by atoms with Gasteiger partial charge in [-0.3, -0.25) is 9.69 Å². The standard InChI is InChI=1S/C21H26N4O2S/c1-2-27-17-9-5-10-18-19(17)23-21(28-18)25(20(26)16-7-3-4-8-16)13-6-12-24-14-11-22-15-24/h5,9-11,14-16H,2-4,6-8,12-13H2,1H3. The van der Waals surface area contributed by atoms with Crippen LogP contribution in [0.1, 0.15) is 39.0 Å². The summed E-state index contributed by atoms with van der Waals surface area (Å²) in [6.07, 6.45) is 10.7. The summed E-state index contributed by atoms with van der Waals surface area (Å²) < 4.78 is 8.83. The molecule has 1 fully saturated rings. The van der Waals surface area contributed by atoms with Gasteiger partial charge in [-0.1, -0.05) is 30.2 Å². The summed E-state index contributed by atoms with van der Waals surface area (Å²) in [5.74, 6) is 1.14. The molecule has 0 saturated heterocycles. The van der Waals surface area contributed by atoms with E-state index in [2.05, 4.69) is 4.98 Å². The molecule has 1 aliphatic rings. The molecule has 0 radical (unpaired) electrons. The zero-order valence-corrected chi connectivity index (χ0v) is 17.0. The Hall–Kier alpha value is -2.41. The number of hydrogen-bond donors (Lipinski definition) is 0. The van der Waals surface area contributed by atoms with Gasteiger partial charge in [0.25, 0.3) is 0 Å². The number of fused-ring (bicyclic) bond motifs is 1. The van der Waals surface area contributed by atoms with Gasteiger partial charge in [0, 0.05) is 31.4 Å². The number of carbonyl (C=O) groups is 1. The molecule has 6 nitrogen and oxygen atoms in total. The first-order valence-electron chi connectivity index (χ1n) is 10.1. The Kier molecular flexibility index (Phi) is 5.90. The van der Waals surface area contributed by atoms with Gasteiger partial charge in [-0.25, -0.2) is 9.97 Å². The van der Waals surface area contributed by atoms with Crippen LogP contribution in [0.25, 0.3) is 10.2 Å². The maximum Gasteiger partial charge on any atom is 0.231 e. The van der Waals surface area contributed by atoms with Crippen molar-refractivity contribution in [3.63, 3.8) is 0 Å². The van der Waals surface area contributed by atoms with Crippen LogP contribution >= 0.6 is 11.3 Å². The summed E-state index contributed by atoms with van der Waals surface area (Å²) >= 11 is 1.58. The molecule has 0 bridgehead atoms. The molecule has 4 rings (SSSR count). The number of rotatable bonds is 8.